The highest BCUT2D eigenvalue weighted by Crippen LogP contribution is 2.51. The summed E-state index contributed by atoms with van der Waals surface area (Å²) < 4.78 is 5.96. The highest BCUT2D eigenvalue weighted by Gasteiger charge is 2.28. The van der Waals surface area contributed by atoms with Gasteiger partial charge in [-0.3, -0.25) is 4.79 Å². The molecule has 1 aliphatic heterocycles. The first kappa shape index (κ1) is 14.7. The average molecular weight is 344 g/mol. The van der Waals surface area contributed by atoms with E-state index in [0.717, 1.165) is 44.1 Å². The van der Waals surface area contributed by atoms with Crippen LogP contribution in [-0.2, 0) is 4.79 Å². The molecular weight excluding hydrogens is 330 g/mol. The van der Waals surface area contributed by atoms with Crippen molar-refractivity contribution in [2.24, 2.45) is 0 Å². The van der Waals surface area contributed by atoms with E-state index < -0.39 is 0 Å². The van der Waals surface area contributed by atoms with Crippen LogP contribution in [-0.4, -0.2) is 12.3 Å². The van der Waals surface area contributed by atoms with Gasteiger partial charge in [0.05, 0.1) is 16.1 Å². The molecule has 0 bridgehead atoms. The van der Waals surface area contributed by atoms with E-state index in [1.54, 1.807) is 24.8 Å². The molecule has 23 heavy (non-hydrogen) atoms. The molecule has 0 atom stereocenters. The molecule has 0 N–H and O–H groups in total. The third-order valence-electron chi connectivity index (χ3n) is 3.93. The van der Waals surface area contributed by atoms with Gasteiger partial charge < -0.3 is 9.32 Å². The molecule has 3 nitrogen and oxygen atoms in total. The first-order chi connectivity index (χ1) is 11.1. The van der Waals surface area contributed by atoms with Crippen molar-refractivity contribution < 1.29 is 9.21 Å². The van der Waals surface area contributed by atoms with Crippen LogP contribution in [0.1, 0.15) is 13.8 Å². The third-order valence-corrected chi connectivity index (χ3v) is 5.26. The molecule has 1 aromatic heterocycles. The SMILES string of the molecule is CCN1C(=CC(C)=O)Sc2ccc3oc4ccc(Cl)cc4c3c21. The molecule has 5 heteroatoms. The number of benzene rings is 2. The Balaban J connectivity index is 2.06. The molecule has 3 aromatic rings. The summed E-state index contributed by atoms with van der Waals surface area (Å²) in [5.41, 5.74) is 2.76. The van der Waals surface area contributed by atoms with Crippen molar-refractivity contribution in [2.45, 2.75) is 18.7 Å². The number of anilines is 1. The van der Waals surface area contributed by atoms with E-state index >= 15 is 0 Å². The number of hydrogen-bond acceptors (Lipinski definition) is 4. The van der Waals surface area contributed by atoms with Crippen LogP contribution >= 0.6 is 23.4 Å². The Morgan fingerprint density at radius 1 is 1.30 bits per heavy atom. The second-order valence-electron chi connectivity index (χ2n) is 5.47. The fourth-order valence-corrected chi connectivity index (χ4v) is 4.43. The van der Waals surface area contributed by atoms with Crippen molar-refractivity contribution in [2.75, 3.05) is 11.4 Å². The van der Waals surface area contributed by atoms with Gasteiger partial charge in [0.2, 0.25) is 0 Å². The van der Waals surface area contributed by atoms with E-state index in [-0.39, 0.29) is 5.78 Å². The second kappa shape index (κ2) is 5.32. The number of halogens is 1. The Morgan fingerprint density at radius 3 is 2.83 bits per heavy atom. The van der Waals surface area contributed by atoms with Crippen LogP contribution in [0.4, 0.5) is 5.69 Å². The number of ketones is 1. The van der Waals surface area contributed by atoms with Crippen molar-refractivity contribution in [1.29, 1.82) is 0 Å². The van der Waals surface area contributed by atoms with Crippen molar-refractivity contribution in [1.82, 2.24) is 0 Å². The molecule has 0 saturated heterocycles. The fraction of sp³-hybridized carbons (Fsp3) is 0.167. The molecule has 0 spiro atoms. The number of carbonyl (C=O) groups is 1. The molecule has 0 unspecified atom stereocenters. The van der Waals surface area contributed by atoms with Gasteiger partial charge in [-0.15, -0.1) is 0 Å². The maximum atomic E-state index is 11.5. The number of fused-ring (bicyclic) bond motifs is 5. The predicted molar refractivity (Wildman–Crippen MR) is 96.4 cm³/mol. The minimum Gasteiger partial charge on any atom is -0.456 e. The highest BCUT2D eigenvalue weighted by atomic mass is 35.5. The third kappa shape index (κ3) is 2.25. The smallest absolute Gasteiger partial charge is 0.155 e. The molecule has 2 aromatic carbocycles. The summed E-state index contributed by atoms with van der Waals surface area (Å²) in [5.74, 6) is 0.0510. The molecule has 2 heterocycles. The van der Waals surface area contributed by atoms with Gasteiger partial charge in [-0.2, -0.15) is 0 Å². The Hall–Kier alpha value is -1.91. The first-order valence-electron chi connectivity index (χ1n) is 7.41. The quantitative estimate of drug-likeness (QED) is 0.567. The summed E-state index contributed by atoms with van der Waals surface area (Å²) in [6.45, 7) is 4.44. The van der Waals surface area contributed by atoms with E-state index in [1.807, 2.05) is 24.3 Å². The fourth-order valence-electron chi connectivity index (χ4n) is 3.03. The van der Waals surface area contributed by atoms with E-state index in [9.17, 15) is 4.79 Å². The van der Waals surface area contributed by atoms with Crippen LogP contribution in [0.5, 0.6) is 0 Å². The van der Waals surface area contributed by atoms with Crippen LogP contribution in [0, 0.1) is 0 Å². The Bertz CT molecular complexity index is 990. The molecule has 0 saturated carbocycles. The lowest BCUT2D eigenvalue weighted by molar-refractivity contribution is -0.112. The van der Waals surface area contributed by atoms with Gasteiger partial charge in [0.25, 0.3) is 0 Å². The lowest BCUT2D eigenvalue weighted by Gasteiger charge is -2.18. The van der Waals surface area contributed by atoms with Crippen LogP contribution in [0.25, 0.3) is 21.9 Å². The monoisotopic (exact) mass is 343 g/mol. The summed E-state index contributed by atoms with van der Waals surface area (Å²) >= 11 is 7.80. The Kier molecular flexibility index (Phi) is 3.39. The van der Waals surface area contributed by atoms with E-state index in [2.05, 4.69) is 17.9 Å². The van der Waals surface area contributed by atoms with Gasteiger partial charge in [0.15, 0.2) is 5.78 Å². The standard InChI is InChI=1S/C18H14ClNO2S/c1-3-20-16(8-10(2)21)23-15-7-6-14-17(18(15)20)12-9-11(19)4-5-13(12)22-14/h4-9H,3H2,1-2H3. The van der Waals surface area contributed by atoms with Gasteiger partial charge in [-0.05, 0) is 44.2 Å². The molecule has 0 radical (unpaired) electrons. The van der Waals surface area contributed by atoms with Gasteiger partial charge >= 0.3 is 0 Å². The molecule has 0 fully saturated rings. The lowest BCUT2D eigenvalue weighted by atomic mass is 10.1. The molecule has 116 valence electrons. The van der Waals surface area contributed by atoms with Crippen molar-refractivity contribution in [3.8, 4) is 0 Å². The van der Waals surface area contributed by atoms with Crippen molar-refractivity contribution >= 4 is 56.8 Å². The average Bonchev–Trinajstić information content (AvgIpc) is 3.03. The number of rotatable bonds is 2. The van der Waals surface area contributed by atoms with Gasteiger partial charge in [0.1, 0.15) is 11.2 Å². The van der Waals surface area contributed by atoms with Gasteiger partial charge in [-0.1, -0.05) is 23.4 Å². The van der Waals surface area contributed by atoms with Crippen molar-refractivity contribution in [3.63, 3.8) is 0 Å². The lowest BCUT2D eigenvalue weighted by Crippen LogP contribution is -2.17. The molecule has 0 aliphatic carbocycles. The van der Waals surface area contributed by atoms with Crippen LogP contribution in [0.2, 0.25) is 5.02 Å². The zero-order valence-corrected chi connectivity index (χ0v) is 14.3. The molecular formula is C18H14ClNO2S. The summed E-state index contributed by atoms with van der Waals surface area (Å²) in [4.78, 5) is 14.8. The Labute approximate surface area is 142 Å². The summed E-state index contributed by atoms with van der Waals surface area (Å²) in [6.07, 6.45) is 1.69. The van der Waals surface area contributed by atoms with Gasteiger partial charge in [0, 0.05) is 27.9 Å². The summed E-state index contributed by atoms with van der Waals surface area (Å²) in [7, 11) is 0. The normalized spacial score (nSPS) is 15.8. The largest absolute Gasteiger partial charge is 0.456 e. The van der Waals surface area contributed by atoms with E-state index in [0.29, 0.717) is 5.02 Å². The number of nitrogens with zero attached hydrogens (tertiary/aromatic N) is 1. The molecule has 1 aliphatic rings. The van der Waals surface area contributed by atoms with Crippen LogP contribution in [0.3, 0.4) is 0 Å². The number of carbonyl (C=O) groups excluding carboxylic acids is 1. The topological polar surface area (TPSA) is 33.5 Å². The molecule has 4 rings (SSSR count). The van der Waals surface area contributed by atoms with E-state index in [1.165, 1.54) is 0 Å². The van der Waals surface area contributed by atoms with E-state index in [4.69, 9.17) is 16.0 Å². The summed E-state index contributed by atoms with van der Waals surface area (Å²) in [5, 5.41) is 3.71. The minimum absolute atomic E-state index is 0.0510. The minimum atomic E-state index is 0.0510. The highest BCUT2D eigenvalue weighted by molar-refractivity contribution is 8.03. The Morgan fingerprint density at radius 2 is 2.09 bits per heavy atom. The zero-order valence-electron chi connectivity index (χ0n) is 12.7. The first-order valence-corrected chi connectivity index (χ1v) is 8.60. The second-order valence-corrected chi connectivity index (χ2v) is 6.97. The number of hydrogen-bond donors (Lipinski definition) is 0. The predicted octanol–water partition coefficient (Wildman–Crippen LogP) is 5.60. The van der Waals surface area contributed by atoms with Crippen LogP contribution < -0.4 is 4.90 Å². The number of thioether (sulfide) groups is 1. The van der Waals surface area contributed by atoms with Gasteiger partial charge in [-0.25, -0.2) is 0 Å². The molecule has 0 amide bonds. The number of allylic oxidation sites excluding steroid dienone is 1. The number of furan rings is 1. The van der Waals surface area contributed by atoms with Crippen LogP contribution in [0.15, 0.2) is 50.7 Å². The van der Waals surface area contributed by atoms with Crippen molar-refractivity contribution in [3.05, 3.63) is 46.5 Å². The zero-order chi connectivity index (χ0) is 16.1. The maximum absolute atomic E-state index is 11.5. The summed E-state index contributed by atoms with van der Waals surface area (Å²) in [6, 6.07) is 9.71. The maximum Gasteiger partial charge on any atom is 0.155 e.